The predicted molar refractivity (Wildman–Crippen MR) is 74.3 cm³/mol. The molecule has 0 aromatic carbocycles. The van der Waals surface area contributed by atoms with Crippen LogP contribution in [0, 0.1) is 5.92 Å². The summed E-state index contributed by atoms with van der Waals surface area (Å²) in [4.78, 5) is 15.2. The third-order valence-corrected chi connectivity index (χ3v) is 3.25. The maximum Gasteiger partial charge on any atom is 0.186 e. The zero-order valence-electron chi connectivity index (χ0n) is 11.8. The topological polar surface area (TPSA) is 59.4 Å². The zero-order chi connectivity index (χ0) is 14.1. The largest absolute Gasteiger partial charge is 0.465 e. The van der Waals surface area contributed by atoms with E-state index in [2.05, 4.69) is 18.8 Å². The summed E-state index contributed by atoms with van der Waals surface area (Å²) in [5, 5.41) is 8.70. The molecule has 106 valence electrons. The molecule has 0 bridgehead atoms. The van der Waals surface area contributed by atoms with Crippen molar-refractivity contribution >= 4 is 6.29 Å². The Balaban J connectivity index is 2.57. The van der Waals surface area contributed by atoms with Gasteiger partial charge in [-0.25, -0.2) is 0 Å². The van der Waals surface area contributed by atoms with Crippen molar-refractivity contribution in [2.24, 2.45) is 5.92 Å². The first-order chi connectivity index (χ1) is 9.21. The molecule has 4 nitrogen and oxygen atoms in total. The number of aldehydes is 1. The minimum atomic E-state index is -0.448. The van der Waals surface area contributed by atoms with Gasteiger partial charge in [0.15, 0.2) is 18.8 Å². The summed E-state index contributed by atoms with van der Waals surface area (Å²) in [5.41, 5.74) is 1.34. The molecule has 1 N–H and O–H groups in total. The van der Waals surface area contributed by atoms with Crippen LogP contribution in [0.2, 0.25) is 0 Å². The first-order valence-electron chi connectivity index (χ1n) is 6.89. The highest BCUT2D eigenvalue weighted by molar-refractivity contribution is 5.79. The molecule has 1 rings (SSSR count). The van der Waals surface area contributed by atoms with Crippen LogP contribution in [-0.2, 0) is 6.42 Å². The van der Waals surface area contributed by atoms with Crippen molar-refractivity contribution in [1.29, 1.82) is 0 Å². The molecule has 0 aliphatic rings. The molecule has 19 heavy (non-hydrogen) atoms. The molecule has 0 spiro atoms. The molecule has 0 amide bonds. The summed E-state index contributed by atoms with van der Waals surface area (Å²) >= 11 is 0. The number of unbranched alkanes of at least 4 members (excludes halogenated alkanes) is 1. The summed E-state index contributed by atoms with van der Waals surface area (Å²) in [6, 6.07) is 1.74. The second kappa shape index (κ2) is 8.64. The first-order valence-corrected chi connectivity index (χ1v) is 6.89. The average molecular weight is 265 g/mol. The van der Waals surface area contributed by atoms with Crippen LogP contribution >= 0.6 is 0 Å². The fourth-order valence-electron chi connectivity index (χ4n) is 2.01. The molecule has 0 fully saturated rings. The Labute approximate surface area is 114 Å². The van der Waals surface area contributed by atoms with Crippen LogP contribution in [0.5, 0.6) is 5.75 Å². The Kier molecular flexibility index (Phi) is 7.11. The summed E-state index contributed by atoms with van der Waals surface area (Å²) < 4.78 is 4.92. The standard InChI is InChI=1S/C15H23NO3/c1-3-4-5-12(2)6-7-14-8-13(10-17)15(9-16-14)19-11-18/h8-10,12,18H,3-7,11H2,1-2H3. The van der Waals surface area contributed by atoms with Gasteiger partial charge in [-0.3, -0.25) is 9.78 Å². The smallest absolute Gasteiger partial charge is 0.186 e. The van der Waals surface area contributed by atoms with Gasteiger partial charge >= 0.3 is 0 Å². The fraction of sp³-hybridized carbons (Fsp3) is 0.600. The maximum atomic E-state index is 10.9. The summed E-state index contributed by atoms with van der Waals surface area (Å²) in [6.07, 6.45) is 7.91. The number of hydrogen-bond acceptors (Lipinski definition) is 4. The number of hydrogen-bond donors (Lipinski definition) is 1. The maximum absolute atomic E-state index is 10.9. The zero-order valence-corrected chi connectivity index (χ0v) is 11.8. The number of rotatable bonds is 9. The van der Waals surface area contributed by atoms with Crippen LogP contribution in [0.1, 0.15) is 55.6 Å². The van der Waals surface area contributed by atoms with Gasteiger partial charge in [-0.15, -0.1) is 0 Å². The summed E-state index contributed by atoms with van der Waals surface area (Å²) in [5.74, 6) is 1.01. The molecule has 0 aliphatic heterocycles. The van der Waals surface area contributed by atoms with E-state index in [1.54, 1.807) is 6.07 Å². The molecule has 0 saturated heterocycles. The van der Waals surface area contributed by atoms with Gasteiger partial charge in [-0.05, 0) is 24.8 Å². The summed E-state index contributed by atoms with van der Waals surface area (Å²) in [7, 11) is 0. The summed E-state index contributed by atoms with van der Waals surface area (Å²) in [6.45, 7) is 4.00. The molecule has 1 aromatic rings. The Morgan fingerprint density at radius 1 is 1.47 bits per heavy atom. The lowest BCUT2D eigenvalue weighted by atomic mass is 9.97. The van der Waals surface area contributed by atoms with Gasteiger partial charge in [0.2, 0.25) is 0 Å². The van der Waals surface area contributed by atoms with Crippen LogP contribution in [0.15, 0.2) is 12.3 Å². The third kappa shape index (κ3) is 5.39. The van der Waals surface area contributed by atoms with Gasteiger partial charge in [0.05, 0.1) is 11.8 Å². The highest BCUT2D eigenvalue weighted by Gasteiger charge is 2.07. The van der Waals surface area contributed by atoms with E-state index in [4.69, 9.17) is 9.84 Å². The lowest BCUT2D eigenvalue weighted by molar-refractivity contribution is 0.0955. The number of carbonyl (C=O) groups excluding carboxylic acids is 1. The normalized spacial score (nSPS) is 12.2. The van der Waals surface area contributed by atoms with E-state index < -0.39 is 6.79 Å². The second-order valence-corrected chi connectivity index (χ2v) is 4.89. The minimum Gasteiger partial charge on any atom is -0.465 e. The van der Waals surface area contributed by atoms with Crippen molar-refractivity contribution in [2.45, 2.75) is 46.0 Å². The van der Waals surface area contributed by atoms with Crippen molar-refractivity contribution in [3.63, 3.8) is 0 Å². The minimum absolute atomic E-state index is 0.334. The molecule has 0 saturated carbocycles. The average Bonchev–Trinajstić information content (AvgIpc) is 2.44. The Hall–Kier alpha value is -1.42. The van der Waals surface area contributed by atoms with Gasteiger partial charge in [-0.1, -0.05) is 33.1 Å². The SMILES string of the molecule is CCCCC(C)CCc1cc(C=O)c(OCO)cn1. The number of carbonyl (C=O) groups is 1. The van der Waals surface area contributed by atoms with Crippen molar-refractivity contribution in [2.75, 3.05) is 6.79 Å². The molecule has 1 unspecified atom stereocenters. The lowest BCUT2D eigenvalue weighted by Gasteiger charge is -2.11. The highest BCUT2D eigenvalue weighted by atomic mass is 16.6. The van der Waals surface area contributed by atoms with E-state index in [0.29, 0.717) is 17.2 Å². The van der Waals surface area contributed by atoms with E-state index in [9.17, 15) is 4.79 Å². The molecule has 1 atom stereocenters. The molecule has 1 heterocycles. The molecular weight excluding hydrogens is 242 g/mol. The van der Waals surface area contributed by atoms with Crippen molar-refractivity contribution in [3.05, 3.63) is 23.5 Å². The highest BCUT2D eigenvalue weighted by Crippen LogP contribution is 2.19. The van der Waals surface area contributed by atoms with Gasteiger partial charge in [0.25, 0.3) is 0 Å². The number of aliphatic hydroxyl groups excluding tert-OH is 1. The van der Waals surface area contributed by atoms with Crippen LogP contribution < -0.4 is 4.74 Å². The van der Waals surface area contributed by atoms with Crippen LogP contribution in [0.4, 0.5) is 0 Å². The number of nitrogens with zero attached hydrogens (tertiary/aromatic N) is 1. The number of ether oxygens (including phenoxy) is 1. The van der Waals surface area contributed by atoms with Gasteiger partial charge < -0.3 is 9.84 Å². The second-order valence-electron chi connectivity index (χ2n) is 4.89. The van der Waals surface area contributed by atoms with Crippen molar-refractivity contribution in [1.82, 2.24) is 4.98 Å². The number of aliphatic hydroxyl groups is 1. The van der Waals surface area contributed by atoms with E-state index in [1.807, 2.05) is 0 Å². The quantitative estimate of drug-likeness (QED) is 0.551. The van der Waals surface area contributed by atoms with Gasteiger partial charge in [0.1, 0.15) is 0 Å². The Morgan fingerprint density at radius 2 is 2.26 bits per heavy atom. The van der Waals surface area contributed by atoms with E-state index >= 15 is 0 Å². The molecule has 0 aliphatic carbocycles. The molecular formula is C15H23NO3. The molecule has 4 heteroatoms. The first kappa shape index (κ1) is 15.6. The monoisotopic (exact) mass is 265 g/mol. The Morgan fingerprint density at radius 3 is 2.89 bits per heavy atom. The lowest BCUT2D eigenvalue weighted by Crippen LogP contribution is -2.03. The fourth-order valence-corrected chi connectivity index (χ4v) is 2.01. The molecule has 1 aromatic heterocycles. The predicted octanol–water partition coefficient (Wildman–Crippen LogP) is 2.98. The van der Waals surface area contributed by atoms with Gasteiger partial charge in [-0.2, -0.15) is 0 Å². The van der Waals surface area contributed by atoms with E-state index in [-0.39, 0.29) is 0 Å². The van der Waals surface area contributed by atoms with Crippen molar-refractivity contribution < 1.29 is 14.6 Å². The van der Waals surface area contributed by atoms with Crippen LogP contribution in [0.3, 0.4) is 0 Å². The number of aryl methyl sites for hydroxylation is 1. The number of aromatic nitrogens is 1. The van der Waals surface area contributed by atoms with Crippen molar-refractivity contribution in [3.8, 4) is 5.75 Å². The van der Waals surface area contributed by atoms with E-state index in [0.717, 1.165) is 24.8 Å². The Bertz CT molecular complexity index is 393. The molecule has 0 radical (unpaired) electrons. The van der Waals surface area contributed by atoms with Gasteiger partial charge in [0, 0.05) is 5.69 Å². The van der Waals surface area contributed by atoms with Crippen LogP contribution in [-0.4, -0.2) is 23.2 Å². The number of pyridine rings is 1. The van der Waals surface area contributed by atoms with Crippen LogP contribution in [0.25, 0.3) is 0 Å². The van der Waals surface area contributed by atoms with E-state index in [1.165, 1.54) is 25.5 Å². The third-order valence-electron chi connectivity index (χ3n) is 3.25.